The van der Waals surface area contributed by atoms with Crippen molar-refractivity contribution in [3.63, 3.8) is 0 Å². The van der Waals surface area contributed by atoms with E-state index in [1.165, 1.54) is 0 Å². The highest BCUT2D eigenvalue weighted by molar-refractivity contribution is 6.30. The Labute approximate surface area is 70.6 Å². The Bertz CT molecular complexity index is 301. The van der Waals surface area contributed by atoms with Crippen molar-refractivity contribution in [3.8, 4) is 12.3 Å². The van der Waals surface area contributed by atoms with Gasteiger partial charge in [0.25, 0.3) is 0 Å². The third-order valence-corrected chi connectivity index (χ3v) is 1.55. The van der Waals surface area contributed by atoms with E-state index >= 15 is 0 Å². The number of aryl methyl sites for hydroxylation is 1. The third-order valence-electron chi connectivity index (χ3n) is 1.24. The average Bonchev–Trinajstić information content (AvgIpc) is 1.98. The van der Waals surface area contributed by atoms with Gasteiger partial charge < -0.3 is 0 Å². The SMILES string of the molecule is C#CCc1cc(C)nnc1Cl. The molecule has 0 atom stereocenters. The van der Waals surface area contributed by atoms with Crippen molar-refractivity contribution >= 4 is 11.6 Å². The van der Waals surface area contributed by atoms with Crippen LogP contribution in [0, 0.1) is 19.3 Å². The molecule has 0 aliphatic rings. The van der Waals surface area contributed by atoms with Gasteiger partial charge in [0.1, 0.15) is 0 Å². The quantitative estimate of drug-likeness (QED) is 0.593. The minimum atomic E-state index is 0.397. The molecule has 0 unspecified atom stereocenters. The van der Waals surface area contributed by atoms with Gasteiger partial charge in [0, 0.05) is 12.0 Å². The number of rotatable bonds is 1. The summed E-state index contributed by atoms with van der Waals surface area (Å²) in [7, 11) is 0. The van der Waals surface area contributed by atoms with Crippen molar-refractivity contribution in [1.82, 2.24) is 10.2 Å². The number of nitrogens with zero attached hydrogens (tertiary/aromatic N) is 2. The van der Waals surface area contributed by atoms with E-state index in [1.807, 2.05) is 13.0 Å². The largest absolute Gasteiger partial charge is 0.155 e. The fourth-order valence-electron chi connectivity index (χ4n) is 0.761. The highest BCUT2D eigenvalue weighted by atomic mass is 35.5. The summed E-state index contributed by atoms with van der Waals surface area (Å²) in [6, 6.07) is 1.84. The zero-order valence-electron chi connectivity index (χ0n) is 6.13. The second kappa shape index (κ2) is 3.36. The first-order chi connectivity index (χ1) is 5.24. The predicted molar refractivity (Wildman–Crippen MR) is 44.3 cm³/mol. The standard InChI is InChI=1S/C8H7ClN2/c1-3-4-7-5-6(2)10-11-8(7)9/h1,5H,4H2,2H3. The van der Waals surface area contributed by atoms with Gasteiger partial charge in [-0.1, -0.05) is 11.6 Å². The lowest BCUT2D eigenvalue weighted by Crippen LogP contribution is -1.92. The molecule has 0 saturated carbocycles. The molecule has 0 N–H and O–H groups in total. The zero-order chi connectivity index (χ0) is 8.27. The number of halogens is 1. The van der Waals surface area contributed by atoms with Crippen LogP contribution in [0.1, 0.15) is 11.3 Å². The van der Waals surface area contributed by atoms with Crippen LogP contribution in [0.25, 0.3) is 0 Å². The summed E-state index contributed by atoms with van der Waals surface area (Å²) in [5.41, 5.74) is 1.70. The number of aromatic nitrogens is 2. The van der Waals surface area contributed by atoms with E-state index in [4.69, 9.17) is 18.0 Å². The van der Waals surface area contributed by atoms with Gasteiger partial charge in [-0.15, -0.1) is 17.4 Å². The van der Waals surface area contributed by atoms with Crippen molar-refractivity contribution < 1.29 is 0 Å². The molecule has 0 bridgehead atoms. The van der Waals surface area contributed by atoms with E-state index in [0.29, 0.717) is 11.6 Å². The summed E-state index contributed by atoms with van der Waals surface area (Å²) in [5.74, 6) is 2.50. The van der Waals surface area contributed by atoms with Crippen LogP contribution in [0.3, 0.4) is 0 Å². The van der Waals surface area contributed by atoms with Crippen LogP contribution in [-0.4, -0.2) is 10.2 Å². The first kappa shape index (κ1) is 8.03. The molecular weight excluding hydrogens is 160 g/mol. The highest BCUT2D eigenvalue weighted by Gasteiger charge is 2.00. The fraction of sp³-hybridized carbons (Fsp3) is 0.250. The molecule has 0 amide bonds. The van der Waals surface area contributed by atoms with Crippen molar-refractivity contribution in [3.05, 3.63) is 22.5 Å². The molecule has 0 aromatic carbocycles. The molecule has 1 aromatic rings. The Morgan fingerprint density at radius 3 is 3.00 bits per heavy atom. The fourth-order valence-corrected chi connectivity index (χ4v) is 0.921. The Hall–Kier alpha value is -1.07. The molecule has 1 heterocycles. The maximum absolute atomic E-state index is 5.71. The van der Waals surface area contributed by atoms with Gasteiger partial charge in [-0.05, 0) is 13.0 Å². The average molecular weight is 167 g/mol. The molecule has 1 aromatic heterocycles. The maximum Gasteiger partial charge on any atom is 0.155 e. The van der Waals surface area contributed by atoms with Gasteiger partial charge in [0.15, 0.2) is 5.15 Å². The van der Waals surface area contributed by atoms with Crippen LogP contribution in [0.4, 0.5) is 0 Å². The van der Waals surface area contributed by atoms with Gasteiger partial charge >= 0.3 is 0 Å². The van der Waals surface area contributed by atoms with Crippen molar-refractivity contribution in [2.24, 2.45) is 0 Å². The number of hydrogen-bond acceptors (Lipinski definition) is 2. The van der Waals surface area contributed by atoms with Gasteiger partial charge in [0.05, 0.1) is 5.69 Å². The molecule has 2 nitrogen and oxygen atoms in total. The maximum atomic E-state index is 5.71. The Balaban J connectivity index is 3.05. The lowest BCUT2D eigenvalue weighted by Gasteiger charge is -1.97. The van der Waals surface area contributed by atoms with Crippen LogP contribution in [0.5, 0.6) is 0 Å². The van der Waals surface area contributed by atoms with Crippen molar-refractivity contribution in [2.45, 2.75) is 13.3 Å². The van der Waals surface area contributed by atoms with Gasteiger partial charge in [-0.2, -0.15) is 5.10 Å². The van der Waals surface area contributed by atoms with Crippen LogP contribution >= 0.6 is 11.6 Å². The van der Waals surface area contributed by atoms with Crippen LogP contribution < -0.4 is 0 Å². The normalized spacial score (nSPS) is 9.18. The molecule has 56 valence electrons. The summed E-state index contributed by atoms with van der Waals surface area (Å²) in [4.78, 5) is 0. The smallest absolute Gasteiger partial charge is 0.154 e. The molecule has 0 radical (unpaired) electrons. The predicted octanol–water partition coefficient (Wildman–Crippen LogP) is 1.61. The minimum absolute atomic E-state index is 0.397. The van der Waals surface area contributed by atoms with Gasteiger partial charge in [-0.3, -0.25) is 0 Å². The molecule has 0 fully saturated rings. The van der Waals surface area contributed by atoms with Gasteiger partial charge in [-0.25, -0.2) is 0 Å². The molecule has 1 rings (SSSR count). The second-order valence-electron chi connectivity index (χ2n) is 2.18. The topological polar surface area (TPSA) is 25.8 Å². The van der Waals surface area contributed by atoms with Gasteiger partial charge in [0.2, 0.25) is 0 Å². The van der Waals surface area contributed by atoms with Crippen molar-refractivity contribution in [2.75, 3.05) is 0 Å². The van der Waals surface area contributed by atoms with Crippen LogP contribution in [0.2, 0.25) is 5.15 Å². The third kappa shape index (κ3) is 1.92. The molecular formula is C8H7ClN2. The number of hydrogen-bond donors (Lipinski definition) is 0. The first-order valence-corrected chi connectivity index (χ1v) is 3.54. The van der Waals surface area contributed by atoms with Crippen LogP contribution in [0.15, 0.2) is 6.07 Å². The molecule has 0 aliphatic carbocycles. The zero-order valence-corrected chi connectivity index (χ0v) is 6.89. The molecule has 0 spiro atoms. The van der Waals surface area contributed by atoms with E-state index in [-0.39, 0.29) is 0 Å². The molecule has 11 heavy (non-hydrogen) atoms. The van der Waals surface area contributed by atoms with E-state index in [2.05, 4.69) is 16.1 Å². The second-order valence-corrected chi connectivity index (χ2v) is 2.54. The summed E-state index contributed by atoms with van der Waals surface area (Å²) in [6.45, 7) is 1.85. The summed E-state index contributed by atoms with van der Waals surface area (Å²) in [5, 5.41) is 7.89. The van der Waals surface area contributed by atoms with E-state index in [1.54, 1.807) is 0 Å². The number of terminal acetylenes is 1. The lowest BCUT2D eigenvalue weighted by molar-refractivity contribution is 0.959. The Morgan fingerprint density at radius 2 is 2.36 bits per heavy atom. The van der Waals surface area contributed by atoms with Crippen LogP contribution in [-0.2, 0) is 6.42 Å². The highest BCUT2D eigenvalue weighted by Crippen LogP contribution is 2.11. The summed E-state index contributed by atoms with van der Waals surface area (Å²) < 4.78 is 0. The van der Waals surface area contributed by atoms with E-state index < -0.39 is 0 Å². The van der Waals surface area contributed by atoms with Crippen molar-refractivity contribution in [1.29, 1.82) is 0 Å². The molecule has 0 saturated heterocycles. The van der Waals surface area contributed by atoms with E-state index in [9.17, 15) is 0 Å². The Morgan fingerprint density at radius 1 is 1.64 bits per heavy atom. The Kier molecular flexibility index (Phi) is 2.45. The molecule has 0 aliphatic heterocycles. The summed E-state index contributed by atoms with van der Waals surface area (Å²) >= 11 is 5.71. The monoisotopic (exact) mass is 166 g/mol. The molecule has 3 heteroatoms. The van der Waals surface area contributed by atoms with E-state index in [0.717, 1.165) is 11.3 Å². The lowest BCUT2D eigenvalue weighted by atomic mass is 10.2. The first-order valence-electron chi connectivity index (χ1n) is 3.16. The summed E-state index contributed by atoms with van der Waals surface area (Å²) in [6.07, 6.45) is 5.63. The minimum Gasteiger partial charge on any atom is -0.154 e.